The normalized spacial score (nSPS) is 15.0. The molecule has 1 aromatic carbocycles. The SMILES string of the molecule is NC(=S)n1[nH]c(-c2ccccc2Cl)c(N2CCCCC2)c1=O. The number of benzene rings is 1. The van der Waals surface area contributed by atoms with E-state index >= 15 is 0 Å². The van der Waals surface area contributed by atoms with E-state index < -0.39 is 0 Å². The quantitative estimate of drug-likeness (QED) is 0.827. The van der Waals surface area contributed by atoms with Crippen molar-refractivity contribution in [1.82, 2.24) is 9.78 Å². The van der Waals surface area contributed by atoms with E-state index in [0.717, 1.165) is 31.5 Å². The lowest BCUT2D eigenvalue weighted by Crippen LogP contribution is -2.36. The number of nitrogens with zero attached hydrogens (tertiary/aromatic N) is 2. The molecule has 1 fully saturated rings. The summed E-state index contributed by atoms with van der Waals surface area (Å²) in [6.07, 6.45) is 3.32. The molecule has 2 aromatic rings. The highest BCUT2D eigenvalue weighted by atomic mass is 35.5. The van der Waals surface area contributed by atoms with E-state index in [4.69, 9.17) is 29.6 Å². The minimum absolute atomic E-state index is 0.00145. The number of anilines is 1. The Balaban J connectivity index is 2.20. The summed E-state index contributed by atoms with van der Waals surface area (Å²) in [7, 11) is 0. The Bertz CT molecular complexity index is 761. The number of aromatic amines is 1. The fraction of sp³-hybridized carbons (Fsp3) is 0.333. The Morgan fingerprint density at radius 3 is 2.55 bits per heavy atom. The zero-order valence-electron chi connectivity index (χ0n) is 12.0. The zero-order valence-corrected chi connectivity index (χ0v) is 13.6. The van der Waals surface area contributed by atoms with Gasteiger partial charge in [-0.3, -0.25) is 9.89 Å². The van der Waals surface area contributed by atoms with Crippen LogP contribution in [0.2, 0.25) is 5.02 Å². The van der Waals surface area contributed by atoms with Crippen molar-refractivity contribution < 1.29 is 0 Å². The molecule has 3 rings (SSSR count). The third-order valence-electron chi connectivity index (χ3n) is 3.90. The van der Waals surface area contributed by atoms with Gasteiger partial charge in [0.25, 0.3) is 5.56 Å². The van der Waals surface area contributed by atoms with Crippen LogP contribution in [0.4, 0.5) is 5.69 Å². The van der Waals surface area contributed by atoms with Gasteiger partial charge in [-0.05, 0) is 37.5 Å². The molecular formula is C15H17ClN4OS. The maximum Gasteiger partial charge on any atom is 0.297 e. The van der Waals surface area contributed by atoms with Crippen molar-refractivity contribution in [2.75, 3.05) is 18.0 Å². The third-order valence-corrected chi connectivity index (χ3v) is 4.41. The van der Waals surface area contributed by atoms with Gasteiger partial charge in [-0.25, -0.2) is 0 Å². The van der Waals surface area contributed by atoms with Crippen molar-refractivity contribution in [3.63, 3.8) is 0 Å². The first-order chi connectivity index (χ1) is 10.6. The highest BCUT2D eigenvalue weighted by molar-refractivity contribution is 7.80. The monoisotopic (exact) mass is 336 g/mol. The highest BCUT2D eigenvalue weighted by Gasteiger charge is 2.24. The molecule has 116 valence electrons. The molecule has 0 radical (unpaired) electrons. The Morgan fingerprint density at radius 1 is 1.23 bits per heavy atom. The first kappa shape index (κ1) is 15.1. The summed E-state index contributed by atoms with van der Waals surface area (Å²) in [6.45, 7) is 1.70. The van der Waals surface area contributed by atoms with Gasteiger partial charge in [0.1, 0.15) is 5.69 Å². The van der Waals surface area contributed by atoms with Crippen molar-refractivity contribution in [1.29, 1.82) is 0 Å². The van der Waals surface area contributed by atoms with Crippen LogP contribution >= 0.6 is 23.8 Å². The molecule has 0 unspecified atom stereocenters. The molecule has 5 nitrogen and oxygen atoms in total. The zero-order chi connectivity index (χ0) is 15.7. The van der Waals surface area contributed by atoms with Crippen LogP contribution in [0.5, 0.6) is 0 Å². The van der Waals surface area contributed by atoms with E-state index in [0.29, 0.717) is 16.4 Å². The van der Waals surface area contributed by atoms with Crippen molar-refractivity contribution in [3.8, 4) is 11.3 Å². The molecule has 1 aromatic heterocycles. The average molecular weight is 337 g/mol. The van der Waals surface area contributed by atoms with E-state index in [1.54, 1.807) is 6.07 Å². The number of nitrogens with two attached hydrogens (primary N) is 1. The van der Waals surface area contributed by atoms with Gasteiger partial charge in [-0.2, -0.15) is 4.68 Å². The van der Waals surface area contributed by atoms with Crippen molar-refractivity contribution in [2.45, 2.75) is 19.3 Å². The van der Waals surface area contributed by atoms with Gasteiger partial charge in [0.05, 0.1) is 10.7 Å². The van der Waals surface area contributed by atoms with Crippen LogP contribution in [0.25, 0.3) is 11.3 Å². The number of hydrogen-bond donors (Lipinski definition) is 2. The molecular weight excluding hydrogens is 320 g/mol. The van der Waals surface area contributed by atoms with E-state index in [1.165, 1.54) is 11.1 Å². The number of nitrogens with one attached hydrogen (secondary N) is 1. The Labute approximate surface area is 138 Å². The van der Waals surface area contributed by atoms with Crippen LogP contribution < -0.4 is 16.2 Å². The molecule has 0 bridgehead atoms. The first-order valence-corrected chi connectivity index (χ1v) is 8.03. The summed E-state index contributed by atoms with van der Waals surface area (Å²) in [6, 6.07) is 7.42. The van der Waals surface area contributed by atoms with Gasteiger partial charge >= 0.3 is 0 Å². The fourth-order valence-electron chi connectivity index (χ4n) is 2.85. The van der Waals surface area contributed by atoms with Crippen LogP contribution in [0.1, 0.15) is 19.3 Å². The summed E-state index contributed by atoms with van der Waals surface area (Å²) in [5.41, 5.74) is 7.48. The molecule has 0 aliphatic carbocycles. The number of halogens is 1. The summed E-state index contributed by atoms with van der Waals surface area (Å²) >= 11 is 11.3. The predicted molar refractivity (Wildman–Crippen MR) is 93.7 cm³/mol. The fourth-order valence-corrected chi connectivity index (χ4v) is 3.20. The largest absolute Gasteiger partial charge is 0.374 e. The second-order valence-electron chi connectivity index (χ2n) is 5.34. The van der Waals surface area contributed by atoms with Crippen LogP contribution in [-0.2, 0) is 0 Å². The van der Waals surface area contributed by atoms with Gasteiger partial charge in [-0.15, -0.1) is 0 Å². The smallest absolute Gasteiger partial charge is 0.297 e. The van der Waals surface area contributed by atoms with Crippen LogP contribution in [-0.4, -0.2) is 28.0 Å². The molecule has 0 amide bonds. The first-order valence-electron chi connectivity index (χ1n) is 7.24. The van der Waals surface area contributed by atoms with Gasteiger partial charge in [-0.1, -0.05) is 29.8 Å². The van der Waals surface area contributed by atoms with Crippen LogP contribution in [0.15, 0.2) is 29.1 Å². The number of hydrogen-bond acceptors (Lipinski definition) is 3. The molecule has 2 heterocycles. The van der Waals surface area contributed by atoms with Crippen molar-refractivity contribution in [3.05, 3.63) is 39.6 Å². The Kier molecular flexibility index (Phi) is 4.22. The summed E-state index contributed by atoms with van der Waals surface area (Å²) in [5.74, 6) is 0. The van der Waals surface area contributed by atoms with E-state index in [-0.39, 0.29) is 10.7 Å². The molecule has 0 spiro atoms. The van der Waals surface area contributed by atoms with Gasteiger partial charge in [0, 0.05) is 18.7 Å². The maximum absolute atomic E-state index is 12.7. The number of H-pyrrole nitrogens is 1. The lowest BCUT2D eigenvalue weighted by atomic mass is 10.1. The Morgan fingerprint density at radius 2 is 1.91 bits per heavy atom. The molecule has 0 atom stereocenters. The molecule has 3 N–H and O–H groups in total. The maximum atomic E-state index is 12.7. The second-order valence-corrected chi connectivity index (χ2v) is 6.17. The van der Waals surface area contributed by atoms with Gasteiger partial charge in [0.15, 0.2) is 5.11 Å². The van der Waals surface area contributed by atoms with E-state index in [9.17, 15) is 4.79 Å². The molecule has 1 aliphatic rings. The Hall–Kier alpha value is -1.79. The molecule has 22 heavy (non-hydrogen) atoms. The number of aromatic nitrogens is 2. The third kappa shape index (κ3) is 2.64. The number of thiocarbonyl (C=S) groups is 1. The van der Waals surface area contributed by atoms with Crippen molar-refractivity contribution in [2.24, 2.45) is 5.73 Å². The summed E-state index contributed by atoms with van der Waals surface area (Å²) in [4.78, 5) is 14.8. The molecule has 1 saturated heterocycles. The lowest BCUT2D eigenvalue weighted by molar-refractivity contribution is 0.577. The summed E-state index contributed by atoms with van der Waals surface area (Å²) in [5, 5.41) is 3.60. The highest BCUT2D eigenvalue weighted by Crippen LogP contribution is 2.32. The van der Waals surface area contributed by atoms with Gasteiger partial charge < -0.3 is 10.6 Å². The summed E-state index contributed by atoms with van der Waals surface area (Å²) < 4.78 is 1.21. The number of piperidine rings is 1. The average Bonchev–Trinajstić information content (AvgIpc) is 2.86. The number of rotatable bonds is 2. The predicted octanol–water partition coefficient (Wildman–Crippen LogP) is 2.58. The molecule has 1 aliphatic heterocycles. The van der Waals surface area contributed by atoms with Crippen LogP contribution in [0.3, 0.4) is 0 Å². The van der Waals surface area contributed by atoms with Crippen molar-refractivity contribution >= 4 is 34.6 Å². The molecule has 0 saturated carbocycles. The lowest BCUT2D eigenvalue weighted by Gasteiger charge is -2.27. The van der Waals surface area contributed by atoms with E-state index in [1.807, 2.05) is 18.2 Å². The standard InChI is InChI=1S/C15H17ClN4OS/c16-11-7-3-2-6-10(11)12-13(19-8-4-1-5-9-19)14(21)20(18-12)15(17)22/h2-3,6-7,18H,1,4-5,8-9H2,(H2,17,22). The minimum Gasteiger partial charge on any atom is -0.374 e. The van der Waals surface area contributed by atoms with Crippen LogP contribution in [0, 0.1) is 0 Å². The molecule has 7 heteroatoms. The topological polar surface area (TPSA) is 67.0 Å². The van der Waals surface area contributed by atoms with Gasteiger partial charge in [0.2, 0.25) is 0 Å². The van der Waals surface area contributed by atoms with E-state index in [2.05, 4.69) is 10.00 Å². The second kappa shape index (κ2) is 6.14. The minimum atomic E-state index is -0.218.